The number of nitro benzene ring substituents is 1. The number of hydrogen-bond donors (Lipinski definition) is 1. The second kappa shape index (κ2) is 8.02. The monoisotopic (exact) mass is 296 g/mol. The number of rotatable bonds is 7. The minimum Gasteiger partial charge on any atom is -0.313 e. The fourth-order valence-corrected chi connectivity index (χ4v) is 1.96. The van der Waals surface area contributed by atoms with Crippen LogP contribution in [0.4, 0.5) is 5.69 Å². The van der Waals surface area contributed by atoms with Gasteiger partial charge in [0, 0.05) is 23.7 Å². The first-order valence-electron chi connectivity index (χ1n) is 6.80. The first-order chi connectivity index (χ1) is 9.45. The Morgan fingerprint density at radius 3 is 2.75 bits per heavy atom. The summed E-state index contributed by atoms with van der Waals surface area (Å²) in [7, 11) is 0. The first kappa shape index (κ1) is 16.7. The van der Waals surface area contributed by atoms with Gasteiger partial charge in [0.05, 0.1) is 4.92 Å². The second-order valence-electron chi connectivity index (χ2n) is 5.01. The molecule has 0 amide bonds. The third-order valence-electron chi connectivity index (χ3n) is 3.03. The molecule has 5 heteroatoms. The van der Waals surface area contributed by atoms with Gasteiger partial charge in [-0.25, -0.2) is 0 Å². The molecule has 0 heterocycles. The summed E-state index contributed by atoms with van der Waals surface area (Å²) in [6.45, 7) is 8.04. The van der Waals surface area contributed by atoms with Gasteiger partial charge < -0.3 is 5.32 Å². The Hall–Kier alpha value is -1.39. The van der Waals surface area contributed by atoms with Gasteiger partial charge >= 0.3 is 0 Å². The van der Waals surface area contributed by atoms with Gasteiger partial charge in [-0.15, -0.1) is 0 Å². The highest BCUT2D eigenvalue weighted by Gasteiger charge is 2.10. The highest BCUT2D eigenvalue weighted by molar-refractivity contribution is 6.32. The normalized spacial score (nSPS) is 11.9. The topological polar surface area (TPSA) is 55.2 Å². The van der Waals surface area contributed by atoms with E-state index in [-0.39, 0.29) is 5.69 Å². The summed E-state index contributed by atoms with van der Waals surface area (Å²) in [6, 6.07) is 4.51. The fraction of sp³-hybridized carbons (Fsp3) is 0.467. The van der Waals surface area contributed by atoms with Crippen molar-refractivity contribution in [1.82, 2.24) is 5.32 Å². The molecule has 1 aromatic carbocycles. The van der Waals surface area contributed by atoms with Crippen molar-refractivity contribution in [2.45, 2.75) is 27.2 Å². The molecule has 0 saturated carbocycles. The minimum absolute atomic E-state index is 0.0604. The lowest BCUT2D eigenvalue weighted by atomic mass is 10.00. The maximum absolute atomic E-state index is 10.8. The summed E-state index contributed by atoms with van der Waals surface area (Å²) in [6.07, 6.45) is 3.02. The average Bonchev–Trinajstić information content (AvgIpc) is 2.39. The molecule has 20 heavy (non-hydrogen) atoms. The Kier molecular flexibility index (Phi) is 6.68. The Morgan fingerprint density at radius 2 is 2.20 bits per heavy atom. The van der Waals surface area contributed by atoms with Gasteiger partial charge in [-0.3, -0.25) is 10.1 Å². The van der Waals surface area contributed by atoms with Gasteiger partial charge in [0.25, 0.3) is 5.69 Å². The van der Waals surface area contributed by atoms with E-state index >= 15 is 0 Å². The minimum atomic E-state index is -0.405. The zero-order chi connectivity index (χ0) is 15.1. The van der Waals surface area contributed by atoms with E-state index in [2.05, 4.69) is 26.1 Å². The van der Waals surface area contributed by atoms with E-state index in [0.717, 1.165) is 19.5 Å². The molecule has 1 rings (SSSR count). The highest BCUT2D eigenvalue weighted by atomic mass is 35.5. The molecule has 1 N–H and O–H groups in total. The molecule has 0 aromatic heterocycles. The Balaban J connectivity index is 3.03. The van der Waals surface area contributed by atoms with Crippen molar-refractivity contribution >= 4 is 23.4 Å². The predicted molar refractivity (Wildman–Crippen MR) is 84.1 cm³/mol. The van der Waals surface area contributed by atoms with Gasteiger partial charge in [-0.2, -0.15) is 0 Å². The quantitative estimate of drug-likeness (QED) is 0.464. The van der Waals surface area contributed by atoms with Crippen LogP contribution >= 0.6 is 11.6 Å². The van der Waals surface area contributed by atoms with Crippen molar-refractivity contribution in [3.8, 4) is 0 Å². The zero-order valence-electron chi connectivity index (χ0n) is 12.1. The molecule has 0 atom stereocenters. The Labute approximate surface area is 125 Å². The number of hydrogen-bond acceptors (Lipinski definition) is 3. The molecule has 0 aliphatic rings. The molecule has 110 valence electrons. The largest absolute Gasteiger partial charge is 0.313 e. The molecular formula is C15H21ClN2O2. The first-order valence-corrected chi connectivity index (χ1v) is 7.18. The summed E-state index contributed by atoms with van der Waals surface area (Å²) >= 11 is 6.12. The smallest absolute Gasteiger partial charge is 0.270 e. The van der Waals surface area contributed by atoms with Gasteiger partial charge in [0.2, 0.25) is 0 Å². The van der Waals surface area contributed by atoms with Crippen LogP contribution in [0.25, 0.3) is 6.08 Å². The van der Waals surface area contributed by atoms with E-state index < -0.39 is 4.92 Å². The second-order valence-corrected chi connectivity index (χ2v) is 5.42. The van der Waals surface area contributed by atoms with Gasteiger partial charge in [-0.1, -0.05) is 44.0 Å². The lowest BCUT2D eigenvalue weighted by Gasteiger charge is -2.13. The van der Waals surface area contributed by atoms with Crippen LogP contribution in [-0.2, 0) is 0 Å². The molecule has 0 bridgehead atoms. The number of benzene rings is 1. The molecule has 0 radical (unpaired) electrons. The van der Waals surface area contributed by atoms with E-state index in [1.54, 1.807) is 6.07 Å². The van der Waals surface area contributed by atoms with Crippen LogP contribution in [-0.4, -0.2) is 18.0 Å². The molecule has 0 saturated heterocycles. The van der Waals surface area contributed by atoms with Crippen molar-refractivity contribution in [3.05, 3.63) is 44.5 Å². The van der Waals surface area contributed by atoms with Crippen LogP contribution in [0.5, 0.6) is 0 Å². The number of nitro groups is 1. The summed E-state index contributed by atoms with van der Waals surface area (Å²) in [5.74, 6) is 0.356. The third-order valence-corrected chi connectivity index (χ3v) is 3.37. The van der Waals surface area contributed by atoms with Crippen LogP contribution in [0, 0.1) is 16.0 Å². The van der Waals surface area contributed by atoms with E-state index in [0.29, 0.717) is 16.5 Å². The summed E-state index contributed by atoms with van der Waals surface area (Å²) in [5.41, 5.74) is 1.94. The SMILES string of the molecule is CCCNCC(=Cc1cc([N+](=O)[O-])ccc1Cl)C(C)C. The molecule has 0 aliphatic carbocycles. The number of nitrogens with zero attached hydrogens (tertiary/aromatic N) is 1. The van der Waals surface area contributed by atoms with Crippen molar-refractivity contribution in [1.29, 1.82) is 0 Å². The molecule has 1 aromatic rings. The Bertz CT molecular complexity index is 499. The van der Waals surface area contributed by atoms with Crippen LogP contribution in [0.2, 0.25) is 5.02 Å². The fourth-order valence-electron chi connectivity index (χ4n) is 1.79. The standard InChI is InChI=1S/C15H21ClN2O2/c1-4-7-17-10-13(11(2)3)8-12-9-14(18(19)20)5-6-15(12)16/h5-6,8-9,11,17H,4,7,10H2,1-3H3. The van der Waals surface area contributed by atoms with E-state index in [1.807, 2.05) is 6.08 Å². The molecule has 4 nitrogen and oxygen atoms in total. The summed E-state index contributed by atoms with van der Waals surface area (Å²) < 4.78 is 0. The molecule has 0 spiro atoms. The zero-order valence-corrected chi connectivity index (χ0v) is 12.9. The molecular weight excluding hydrogens is 276 g/mol. The van der Waals surface area contributed by atoms with Crippen LogP contribution in [0.3, 0.4) is 0 Å². The molecule has 0 unspecified atom stereocenters. The summed E-state index contributed by atoms with van der Waals surface area (Å²) in [4.78, 5) is 10.4. The number of non-ortho nitro benzene ring substituents is 1. The van der Waals surface area contributed by atoms with Crippen molar-refractivity contribution < 1.29 is 4.92 Å². The van der Waals surface area contributed by atoms with E-state index in [1.165, 1.54) is 17.7 Å². The molecule has 0 fully saturated rings. The van der Waals surface area contributed by atoms with Gasteiger partial charge in [0.1, 0.15) is 0 Å². The van der Waals surface area contributed by atoms with Crippen LogP contribution < -0.4 is 5.32 Å². The van der Waals surface area contributed by atoms with Crippen LogP contribution in [0.15, 0.2) is 23.8 Å². The lowest BCUT2D eigenvalue weighted by Crippen LogP contribution is -2.19. The maximum atomic E-state index is 10.8. The van der Waals surface area contributed by atoms with Crippen LogP contribution in [0.1, 0.15) is 32.8 Å². The van der Waals surface area contributed by atoms with Crippen molar-refractivity contribution in [2.24, 2.45) is 5.92 Å². The number of nitrogens with one attached hydrogen (secondary N) is 1. The average molecular weight is 297 g/mol. The highest BCUT2D eigenvalue weighted by Crippen LogP contribution is 2.25. The van der Waals surface area contributed by atoms with E-state index in [4.69, 9.17) is 11.6 Å². The van der Waals surface area contributed by atoms with Gasteiger partial charge in [0.15, 0.2) is 0 Å². The molecule has 0 aliphatic heterocycles. The predicted octanol–water partition coefficient (Wildman–Crippen LogP) is 4.29. The number of halogens is 1. The van der Waals surface area contributed by atoms with Crippen molar-refractivity contribution in [3.63, 3.8) is 0 Å². The van der Waals surface area contributed by atoms with Gasteiger partial charge in [-0.05, 0) is 30.5 Å². The lowest BCUT2D eigenvalue weighted by molar-refractivity contribution is -0.384. The van der Waals surface area contributed by atoms with Crippen molar-refractivity contribution in [2.75, 3.05) is 13.1 Å². The Morgan fingerprint density at radius 1 is 1.50 bits per heavy atom. The summed E-state index contributed by atoms with van der Waals surface area (Å²) in [5, 5.41) is 14.7. The third kappa shape index (κ3) is 4.94. The van der Waals surface area contributed by atoms with E-state index in [9.17, 15) is 10.1 Å². The maximum Gasteiger partial charge on any atom is 0.270 e.